The van der Waals surface area contributed by atoms with Gasteiger partial charge in [0.2, 0.25) is 82.7 Å². The highest BCUT2D eigenvalue weighted by atomic mass is 33.1. The minimum Gasteiger partial charge on any atom is -0.508 e. The highest BCUT2D eigenvalue weighted by molar-refractivity contribution is 8.76. The molecular formula is C72H110N16O16S2. The number of hydrogen-bond acceptors (Lipinski definition) is 20. The SMILES string of the molecule is CC[C@H](C)[C@H](NC(=O)[C@H](CC(C)C)NC(=O)[C@H](CCN)NC(=O)[C@@H]1CSSC[C@H](NC(C)=O)C(=O)N2CCC[C@H]2C(=O)N2CCC[C@H]2C(=O)N[C@@H](Cc2ccc(O)cc2)C(=O)N[C@@H](CC(C)C)C(=O)N2CCC[C@H]2C(=O)N[C@@H](CN)C(=O)N[C@@H](Cc2ccc(O)cc2)C(=O)N[C@@H](CC(C)C)C(=O)N1)C(N)=O. The summed E-state index contributed by atoms with van der Waals surface area (Å²) in [4.78, 5) is 206. The number of carbonyl (C=O) groups excluding carboxylic acids is 14. The molecule has 34 heteroatoms. The molecule has 14 amide bonds. The lowest BCUT2D eigenvalue weighted by molar-refractivity contribution is -0.147. The van der Waals surface area contributed by atoms with Crippen molar-refractivity contribution in [2.45, 2.75) is 224 Å². The van der Waals surface area contributed by atoms with Crippen LogP contribution in [0, 0.1) is 23.7 Å². The molecule has 18 N–H and O–H groups in total. The Bertz CT molecular complexity index is 3420. The first-order valence-electron chi connectivity index (χ1n) is 36.7. The minimum absolute atomic E-state index is 0.0637. The predicted molar refractivity (Wildman–Crippen MR) is 397 cm³/mol. The summed E-state index contributed by atoms with van der Waals surface area (Å²) < 4.78 is 0. The zero-order valence-corrected chi connectivity index (χ0v) is 63.7. The molecule has 0 aromatic heterocycles. The Kier molecular flexibility index (Phi) is 33.6. The molecule has 0 radical (unpaired) electrons. The molecule has 6 rings (SSSR count). The van der Waals surface area contributed by atoms with E-state index in [-0.39, 0.29) is 131 Å². The number of phenols is 2. The number of rotatable bonds is 23. The second-order valence-corrected chi connectivity index (χ2v) is 31.6. The van der Waals surface area contributed by atoms with Crippen molar-refractivity contribution in [3.8, 4) is 11.5 Å². The Morgan fingerprint density at radius 2 is 0.972 bits per heavy atom. The van der Waals surface area contributed by atoms with Crippen LogP contribution in [0.25, 0.3) is 0 Å². The van der Waals surface area contributed by atoms with Crippen molar-refractivity contribution in [3.05, 3.63) is 59.7 Å². The molecule has 0 saturated carbocycles. The highest BCUT2D eigenvalue weighted by Gasteiger charge is 2.46. The lowest BCUT2D eigenvalue weighted by Crippen LogP contribution is -2.62. The van der Waals surface area contributed by atoms with Crippen molar-refractivity contribution in [1.82, 2.24) is 67.9 Å². The van der Waals surface area contributed by atoms with E-state index in [9.17, 15) is 72.5 Å². The summed E-state index contributed by atoms with van der Waals surface area (Å²) in [6.07, 6.45) is 1.59. The number of nitrogens with one attached hydrogen (secondary N) is 10. The fourth-order valence-corrected chi connectivity index (χ4v) is 15.7. The molecule has 0 unspecified atom stereocenters. The molecule has 4 heterocycles. The van der Waals surface area contributed by atoms with E-state index in [0.29, 0.717) is 36.8 Å². The first-order chi connectivity index (χ1) is 50.2. The number of phenolic OH excluding ortho intramolecular Hbond substituents is 2. The Balaban J connectivity index is 1.41. The van der Waals surface area contributed by atoms with Crippen molar-refractivity contribution < 1.29 is 77.3 Å². The number of hydrogen-bond donors (Lipinski definition) is 15. The van der Waals surface area contributed by atoms with Gasteiger partial charge in [-0.3, -0.25) is 67.1 Å². The molecule has 32 nitrogen and oxygen atoms in total. The van der Waals surface area contributed by atoms with Gasteiger partial charge in [0.15, 0.2) is 0 Å². The summed E-state index contributed by atoms with van der Waals surface area (Å²) >= 11 is 0. The normalized spacial score (nSPS) is 25.0. The van der Waals surface area contributed by atoms with Gasteiger partial charge in [-0.2, -0.15) is 0 Å². The van der Waals surface area contributed by atoms with Gasteiger partial charge in [-0.15, -0.1) is 0 Å². The van der Waals surface area contributed by atoms with Crippen molar-refractivity contribution in [3.63, 3.8) is 0 Å². The number of aromatic hydroxyl groups is 2. The van der Waals surface area contributed by atoms with Crippen molar-refractivity contribution >= 4 is 104 Å². The van der Waals surface area contributed by atoms with E-state index in [1.165, 1.54) is 58.0 Å². The van der Waals surface area contributed by atoms with Gasteiger partial charge in [0, 0.05) is 57.5 Å². The number of nitrogens with zero attached hydrogens (tertiary/aromatic N) is 3. The zero-order valence-electron chi connectivity index (χ0n) is 62.1. The molecule has 106 heavy (non-hydrogen) atoms. The number of benzene rings is 2. The third-order valence-corrected chi connectivity index (χ3v) is 21.6. The molecule has 4 aliphatic rings. The molecule has 14 atom stereocenters. The summed E-state index contributed by atoms with van der Waals surface area (Å²) in [5.74, 6) is -12.5. The van der Waals surface area contributed by atoms with Gasteiger partial charge >= 0.3 is 0 Å². The van der Waals surface area contributed by atoms with E-state index in [1.807, 2.05) is 34.6 Å². The number of nitrogens with two attached hydrogens (primary N) is 3. The van der Waals surface area contributed by atoms with Gasteiger partial charge in [0.05, 0.1) is 0 Å². The summed E-state index contributed by atoms with van der Waals surface area (Å²) in [5, 5.41) is 47.6. The molecule has 4 fully saturated rings. The van der Waals surface area contributed by atoms with Gasteiger partial charge in [-0.05, 0) is 130 Å². The van der Waals surface area contributed by atoms with Crippen LogP contribution in [-0.2, 0) is 80.0 Å². The van der Waals surface area contributed by atoms with E-state index in [1.54, 1.807) is 32.9 Å². The number of carbonyl (C=O) groups is 14. The van der Waals surface area contributed by atoms with E-state index in [4.69, 9.17) is 17.2 Å². The monoisotopic (exact) mass is 1520 g/mol. The maximum Gasteiger partial charge on any atom is 0.246 e. The molecule has 0 spiro atoms. The van der Waals surface area contributed by atoms with Crippen LogP contribution in [0.15, 0.2) is 48.5 Å². The topological polar surface area (TPSA) is 488 Å². The zero-order chi connectivity index (χ0) is 78.2. The van der Waals surface area contributed by atoms with Gasteiger partial charge < -0.3 is 95.3 Å². The van der Waals surface area contributed by atoms with Gasteiger partial charge in [-0.25, -0.2) is 0 Å². The molecule has 0 aliphatic carbocycles. The predicted octanol–water partition coefficient (Wildman–Crippen LogP) is -0.904. The molecule has 586 valence electrons. The lowest BCUT2D eigenvalue weighted by Gasteiger charge is -2.33. The van der Waals surface area contributed by atoms with E-state index in [0.717, 1.165) is 21.6 Å². The first kappa shape index (κ1) is 86.2. The van der Waals surface area contributed by atoms with Gasteiger partial charge in [-0.1, -0.05) is 108 Å². The molecular weight excluding hydrogens is 1410 g/mol. The second-order valence-electron chi connectivity index (χ2n) is 29.1. The van der Waals surface area contributed by atoms with Gasteiger partial charge in [0.25, 0.3) is 0 Å². The third kappa shape index (κ3) is 25.2. The molecule has 2 aromatic carbocycles. The van der Waals surface area contributed by atoms with Crippen molar-refractivity contribution in [2.75, 3.05) is 44.2 Å². The van der Waals surface area contributed by atoms with Crippen LogP contribution in [0.4, 0.5) is 0 Å². The fourth-order valence-electron chi connectivity index (χ4n) is 13.4. The lowest BCUT2D eigenvalue weighted by atomic mass is 9.97. The van der Waals surface area contributed by atoms with Crippen LogP contribution in [0.1, 0.15) is 144 Å². The number of amides is 14. The smallest absolute Gasteiger partial charge is 0.246 e. The van der Waals surface area contributed by atoms with Gasteiger partial charge in [0.1, 0.15) is 90.0 Å². The average molecular weight is 1520 g/mol. The maximum atomic E-state index is 15.0. The summed E-state index contributed by atoms with van der Waals surface area (Å²) in [5.41, 5.74) is 18.9. The molecule has 4 saturated heterocycles. The molecule has 2 aromatic rings. The highest BCUT2D eigenvalue weighted by Crippen LogP contribution is 2.30. The maximum absolute atomic E-state index is 15.0. The Labute approximate surface area is 627 Å². The van der Waals surface area contributed by atoms with E-state index >= 15 is 4.79 Å². The van der Waals surface area contributed by atoms with Crippen LogP contribution >= 0.6 is 21.6 Å². The van der Waals surface area contributed by atoms with Crippen LogP contribution in [0.3, 0.4) is 0 Å². The standard InChI is InChI=1S/C72H110N16O16S2/c1-10-41(8)59(60(75)92)85-65(97)49(31-39(4)5)78-61(93)47(25-26-73)77-67(99)54-36-105-106-37-55(76-42(9)89)71(103)88-29-13-16-58(88)72(104)87-28-12-15-57(87)68(100)81-51(34-44-19-23-46(91)24-20-44)64(96)82-52(32-40(6)7)70(102)86-27-11-14-56(86)69(101)83-53(35-74)66(98)80-50(33-43-17-21-45(90)22-18-43)63(95)79-48(30-38(2)3)62(94)84-54/h17-24,38-41,47-59,90-91H,10-16,25-37,73-74H2,1-9H3,(H2,75,92)(H,76,89)(H,77,99)(H,78,93)(H,79,95)(H,80,98)(H,81,100)(H,82,96)(H,83,101)(H,84,94)(H,85,97)/t41-,47-,48-,49-,50-,51-,52-,53-,54-,55-,56-,57-,58-,59-/m0/s1. The third-order valence-electron chi connectivity index (χ3n) is 19.2. The van der Waals surface area contributed by atoms with Crippen molar-refractivity contribution in [1.29, 1.82) is 0 Å². The number of fused-ring (bicyclic) bond motifs is 3. The van der Waals surface area contributed by atoms with Crippen molar-refractivity contribution in [2.24, 2.45) is 40.9 Å². The van der Waals surface area contributed by atoms with E-state index in [2.05, 4.69) is 53.2 Å². The van der Waals surface area contributed by atoms with E-state index < -0.39 is 168 Å². The number of primary amides is 1. The fraction of sp³-hybridized carbons (Fsp3) is 0.639. The quantitative estimate of drug-likeness (QED) is 0.0599. The van der Waals surface area contributed by atoms with Crippen LogP contribution in [0.2, 0.25) is 0 Å². The molecule has 4 aliphatic heterocycles. The summed E-state index contributed by atoms with van der Waals surface area (Å²) in [6, 6.07) is -5.53. The van der Waals surface area contributed by atoms with Crippen LogP contribution in [0.5, 0.6) is 11.5 Å². The Hall–Kier alpha value is -8.76. The minimum atomic E-state index is -1.58. The Morgan fingerprint density at radius 1 is 0.528 bits per heavy atom. The first-order valence-corrected chi connectivity index (χ1v) is 39.1. The summed E-state index contributed by atoms with van der Waals surface area (Å²) in [7, 11) is 1.99. The summed E-state index contributed by atoms with van der Waals surface area (Å²) in [6.45, 7) is 15.1. The second kappa shape index (κ2) is 41.4. The largest absolute Gasteiger partial charge is 0.508 e. The average Bonchev–Trinajstić information content (AvgIpc) is 1.64. The molecule has 0 bridgehead atoms. The van der Waals surface area contributed by atoms with Crippen LogP contribution < -0.4 is 70.4 Å². The van der Waals surface area contributed by atoms with Crippen LogP contribution in [-0.4, -0.2) is 230 Å². The Morgan fingerprint density at radius 3 is 1.46 bits per heavy atom.